The largest absolute Gasteiger partial charge is 0.363 e. The van der Waals surface area contributed by atoms with E-state index in [-0.39, 0.29) is 11.9 Å². The van der Waals surface area contributed by atoms with E-state index in [9.17, 15) is 4.79 Å². The molecule has 1 atom stereocenters. The third-order valence-corrected chi connectivity index (χ3v) is 4.39. The first kappa shape index (κ1) is 16.0. The number of carbonyl (C=O) groups excluding carboxylic acids is 1. The van der Waals surface area contributed by atoms with E-state index in [1.165, 1.54) is 5.56 Å². The lowest BCUT2D eigenvalue weighted by atomic mass is 10.1. The quantitative estimate of drug-likeness (QED) is 0.877. The average molecular weight is 335 g/mol. The molecule has 2 aromatic rings. The second kappa shape index (κ2) is 7.10. The summed E-state index contributed by atoms with van der Waals surface area (Å²) in [4.78, 5) is 17.5. The first-order valence-electron chi connectivity index (χ1n) is 7.75. The van der Waals surface area contributed by atoms with Gasteiger partial charge < -0.3 is 10.3 Å². The van der Waals surface area contributed by atoms with Gasteiger partial charge in [-0.2, -0.15) is 4.98 Å². The van der Waals surface area contributed by atoms with Gasteiger partial charge in [-0.3, -0.25) is 9.69 Å². The standard InChI is InChI=1S/C16H19ClN4O2/c17-12-7-5-11(6-8-12)3-1-9-21-10-2-4-13(21)16-19-15(14(18)22)20-23-16/h5-8,13H,1-4,9-10H2,(H2,18,22)/t13-/m1/s1. The smallest absolute Gasteiger partial charge is 0.290 e. The summed E-state index contributed by atoms with van der Waals surface area (Å²) in [5.74, 6) is -0.219. The number of amides is 1. The summed E-state index contributed by atoms with van der Waals surface area (Å²) in [5, 5.41) is 4.39. The number of likely N-dealkylation sites (tertiary alicyclic amines) is 1. The minimum Gasteiger partial charge on any atom is -0.363 e. The topological polar surface area (TPSA) is 85.2 Å². The summed E-state index contributed by atoms with van der Waals surface area (Å²) < 4.78 is 5.20. The Balaban J connectivity index is 1.56. The molecule has 2 heterocycles. The fourth-order valence-electron chi connectivity index (χ4n) is 2.98. The molecule has 0 spiro atoms. The molecule has 0 radical (unpaired) electrons. The monoisotopic (exact) mass is 334 g/mol. The van der Waals surface area contributed by atoms with Crippen LogP contribution in [-0.2, 0) is 6.42 Å². The van der Waals surface area contributed by atoms with Crippen LogP contribution in [0.1, 0.15) is 47.4 Å². The molecule has 0 bridgehead atoms. The Bertz CT molecular complexity index is 671. The van der Waals surface area contributed by atoms with E-state index in [0.29, 0.717) is 5.89 Å². The lowest BCUT2D eigenvalue weighted by Crippen LogP contribution is -2.25. The van der Waals surface area contributed by atoms with Crippen molar-refractivity contribution in [1.82, 2.24) is 15.0 Å². The van der Waals surface area contributed by atoms with Crippen molar-refractivity contribution >= 4 is 17.5 Å². The molecule has 1 amide bonds. The highest BCUT2D eigenvalue weighted by Crippen LogP contribution is 2.30. The summed E-state index contributed by atoms with van der Waals surface area (Å²) in [6, 6.07) is 8.03. The maximum absolute atomic E-state index is 11.1. The minimum absolute atomic E-state index is 0.0481. The van der Waals surface area contributed by atoms with Crippen molar-refractivity contribution in [2.45, 2.75) is 31.7 Å². The van der Waals surface area contributed by atoms with Gasteiger partial charge in [-0.25, -0.2) is 0 Å². The molecule has 1 saturated heterocycles. The average Bonchev–Trinajstić information content (AvgIpc) is 3.17. The summed E-state index contributed by atoms with van der Waals surface area (Å²) in [6.45, 7) is 1.95. The maximum Gasteiger partial charge on any atom is 0.290 e. The number of aryl methyl sites for hydroxylation is 1. The Morgan fingerprint density at radius 1 is 1.39 bits per heavy atom. The van der Waals surface area contributed by atoms with Gasteiger partial charge >= 0.3 is 0 Å². The van der Waals surface area contributed by atoms with Crippen LogP contribution in [0.4, 0.5) is 0 Å². The van der Waals surface area contributed by atoms with Crippen molar-refractivity contribution in [2.24, 2.45) is 5.73 Å². The van der Waals surface area contributed by atoms with E-state index in [0.717, 1.165) is 43.8 Å². The zero-order valence-corrected chi connectivity index (χ0v) is 13.5. The van der Waals surface area contributed by atoms with Crippen LogP contribution in [0.5, 0.6) is 0 Å². The molecule has 1 aliphatic heterocycles. The van der Waals surface area contributed by atoms with Crippen molar-refractivity contribution in [1.29, 1.82) is 0 Å². The number of hydrogen-bond donors (Lipinski definition) is 1. The van der Waals surface area contributed by atoms with Crippen molar-refractivity contribution in [3.63, 3.8) is 0 Å². The molecule has 1 aromatic heterocycles. The Labute approximate surface area is 139 Å². The Hall–Kier alpha value is -1.92. The molecular formula is C16H19ClN4O2. The summed E-state index contributed by atoms with van der Waals surface area (Å²) in [7, 11) is 0. The predicted molar refractivity (Wildman–Crippen MR) is 86.1 cm³/mol. The number of carbonyl (C=O) groups is 1. The number of benzene rings is 1. The second-order valence-corrected chi connectivity index (χ2v) is 6.18. The lowest BCUT2D eigenvalue weighted by molar-refractivity contribution is 0.0987. The summed E-state index contributed by atoms with van der Waals surface area (Å²) in [5.41, 5.74) is 6.45. The minimum atomic E-state index is -0.660. The highest BCUT2D eigenvalue weighted by atomic mass is 35.5. The second-order valence-electron chi connectivity index (χ2n) is 5.74. The zero-order chi connectivity index (χ0) is 16.2. The Morgan fingerprint density at radius 3 is 2.87 bits per heavy atom. The lowest BCUT2D eigenvalue weighted by Gasteiger charge is -2.21. The zero-order valence-electron chi connectivity index (χ0n) is 12.7. The molecule has 23 heavy (non-hydrogen) atoms. The van der Waals surface area contributed by atoms with E-state index in [2.05, 4.69) is 27.2 Å². The van der Waals surface area contributed by atoms with Crippen molar-refractivity contribution < 1.29 is 9.32 Å². The van der Waals surface area contributed by atoms with Gasteiger partial charge in [-0.1, -0.05) is 28.9 Å². The molecule has 1 fully saturated rings. The van der Waals surface area contributed by atoms with Gasteiger partial charge in [0.1, 0.15) is 0 Å². The van der Waals surface area contributed by atoms with Crippen molar-refractivity contribution in [2.75, 3.05) is 13.1 Å². The SMILES string of the molecule is NC(=O)c1noc([C@H]2CCCN2CCCc2ccc(Cl)cc2)n1. The summed E-state index contributed by atoms with van der Waals surface area (Å²) >= 11 is 5.90. The molecule has 7 heteroatoms. The van der Waals surface area contributed by atoms with Crippen LogP contribution in [0, 0.1) is 0 Å². The fraction of sp³-hybridized carbons (Fsp3) is 0.438. The van der Waals surface area contributed by atoms with Gasteiger partial charge in [0.2, 0.25) is 5.89 Å². The summed E-state index contributed by atoms with van der Waals surface area (Å²) in [6.07, 6.45) is 4.08. The van der Waals surface area contributed by atoms with E-state index < -0.39 is 5.91 Å². The van der Waals surface area contributed by atoms with Crippen LogP contribution in [0.3, 0.4) is 0 Å². The van der Waals surface area contributed by atoms with Crippen LogP contribution < -0.4 is 5.73 Å². The van der Waals surface area contributed by atoms with Crippen molar-refractivity contribution in [3.05, 3.63) is 46.6 Å². The van der Waals surface area contributed by atoms with Gasteiger partial charge in [0.25, 0.3) is 11.7 Å². The first-order valence-corrected chi connectivity index (χ1v) is 8.13. The van der Waals surface area contributed by atoms with E-state index >= 15 is 0 Å². The van der Waals surface area contributed by atoms with E-state index in [1.54, 1.807) is 0 Å². The van der Waals surface area contributed by atoms with Gasteiger partial charge in [0, 0.05) is 5.02 Å². The normalized spacial score (nSPS) is 18.4. The molecule has 2 N–H and O–H groups in total. The van der Waals surface area contributed by atoms with Gasteiger partial charge in [0.15, 0.2) is 0 Å². The molecular weight excluding hydrogens is 316 g/mol. The van der Waals surface area contributed by atoms with Crippen LogP contribution in [0.2, 0.25) is 5.02 Å². The molecule has 0 aliphatic carbocycles. The molecule has 122 valence electrons. The number of hydrogen-bond acceptors (Lipinski definition) is 5. The molecule has 6 nitrogen and oxygen atoms in total. The predicted octanol–water partition coefficient (Wildman–Crippen LogP) is 2.59. The van der Waals surface area contributed by atoms with Gasteiger partial charge in [-0.05, 0) is 56.5 Å². The number of nitrogens with two attached hydrogens (primary N) is 1. The van der Waals surface area contributed by atoms with Crippen LogP contribution >= 0.6 is 11.6 Å². The molecule has 1 aromatic carbocycles. The van der Waals surface area contributed by atoms with Crippen molar-refractivity contribution in [3.8, 4) is 0 Å². The van der Waals surface area contributed by atoms with Crippen LogP contribution in [-0.4, -0.2) is 34.0 Å². The highest BCUT2D eigenvalue weighted by molar-refractivity contribution is 6.30. The van der Waals surface area contributed by atoms with E-state index in [1.807, 2.05) is 12.1 Å². The number of nitrogens with zero attached hydrogens (tertiary/aromatic N) is 3. The Morgan fingerprint density at radius 2 is 2.17 bits per heavy atom. The third-order valence-electron chi connectivity index (χ3n) is 4.13. The number of aromatic nitrogens is 2. The molecule has 0 unspecified atom stereocenters. The molecule has 0 saturated carbocycles. The van der Waals surface area contributed by atoms with Crippen LogP contribution in [0.15, 0.2) is 28.8 Å². The Kier molecular flexibility index (Phi) is 4.93. The fourth-order valence-corrected chi connectivity index (χ4v) is 3.11. The molecule has 1 aliphatic rings. The highest BCUT2D eigenvalue weighted by Gasteiger charge is 2.30. The number of primary amides is 1. The maximum atomic E-state index is 11.1. The molecule has 3 rings (SSSR count). The third kappa shape index (κ3) is 3.89. The van der Waals surface area contributed by atoms with E-state index in [4.69, 9.17) is 21.9 Å². The number of halogens is 1. The number of rotatable bonds is 6. The van der Waals surface area contributed by atoms with Gasteiger partial charge in [0.05, 0.1) is 6.04 Å². The van der Waals surface area contributed by atoms with Gasteiger partial charge in [-0.15, -0.1) is 0 Å². The first-order chi connectivity index (χ1) is 11.1. The van der Waals surface area contributed by atoms with Crippen LogP contribution in [0.25, 0.3) is 0 Å².